The molecule has 3 aromatic rings. The third kappa shape index (κ3) is 3.95. The third-order valence-electron chi connectivity index (χ3n) is 4.64. The standard InChI is InChI=1S/C20H23N7O/c1-3-28-15(2)26-10-12-27(13-11-26)16-6-7-22-19(14-16)24-18-5-4-17-20(25-18)23-9-8-21-17/h4-9,14H,2-3,10-13H2,1H3,(H,22,23,24,25). The Balaban J connectivity index is 1.43. The zero-order valence-corrected chi connectivity index (χ0v) is 15.9. The van der Waals surface area contributed by atoms with Crippen LogP contribution >= 0.6 is 0 Å². The fourth-order valence-corrected chi connectivity index (χ4v) is 3.21. The van der Waals surface area contributed by atoms with Crippen LogP contribution in [0, 0.1) is 0 Å². The number of nitrogens with one attached hydrogen (secondary N) is 1. The Hall–Kier alpha value is -3.42. The fourth-order valence-electron chi connectivity index (χ4n) is 3.21. The van der Waals surface area contributed by atoms with E-state index >= 15 is 0 Å². The minimum Gasteiger partial charge on any atom is -0.480 e. The van der Waals surface area contributed by atoms with Crippen LogP contribution < -0.4 is 10.2 Å². The van der Waals surface area contributed by atoms with Gasteiger partial charge in [0.05, 0.1) is 6.61 Å². The summed E-state index contributed by atoms with van der Waals surface area (Å²) in [6.07, 6.45) is 5.10. The molecule has 0 unspecified atom stereocenters. The van der Waals surface area contributed by atoms with E-state index < -0.39 is 0 Å². The van der Waals surface area contributed by atoms with E-state index in [1.54, 1.807) is 12.4 Å². The fraction of sp³-hybridized carbons (Fsp3) is 0.300. The number of hydrogen-bond acceptors (Lipinski definition) is 8. The van der Waals surface area contributed by atoms with Crippen molar-refractivity contribution in [3.05, 3.63) is 55.3 Å². The van der Waals surface area contributed by atoms with Gasteiger partial charge in [0.25, 0.3) is 0 Å². The van der Waals surface area contributed by atoms with Gasteiger partial charge in [-0.3, -0.25) is 4.98 Å². The van der Waals surface area contributed by atoms with Crippen LogP contribution in [0.2, 0.25) is 0 Å². The van der Waals surface area contributed by atoms with E-state index in [4.69, 9.17) is 4.74 Å². The summed E-state index contributed by atoms with van der Waals surface area (Å²) < 4.78 is 5.51. The van der Waals surface area contributed by atoms with Crippen molar-refractivity contribution in [2.45, 2.75) is 6.92 Å². The van der Waals surface area contributed by atoms with Crippen LogP contribution in [0.3, 0.4) is 0 Å². The summed E-state index contributed by atoms with van der Waals surface area (Å²) in [5, 5.41) is 3.26. The Kier molecular flexibility index (Phi) is 5.18. The average molecular weight is 377 g/mol. The molecule has 3 aromatic heterocycles. The topological polar surface area (TPSA) is 79.3 Å². The third-order valence-corrected chi connectivity index (χ3v) is 4.64. The van der Waals surface area contributed by atoms with Crippen LogP contribution in [0.1, 0.15) is 6.92 Å². The van der Waals surface area contributed by atoms with Crippen molar-refractivity contribution in [3.8, 4) is 0 Å². The molecule has 28 heavy (non-hydrogen) atoms. The van der Waals surface area contributed by atoms with Crippen LogP contribution in [0.4, 0.5) is 17.3 Å². The first-order valence-electron chi connectivity index (χ1n) is 9.35. The summed E-state index contributed by atoms with van der Waals surface area (Å²) in [4.78, 5) is 21.9. The van der Waals surface area contributed by atoms with E-state index in [0.717, 1.165) is 49.1 Å². The zero-order valence-electron chi connectivity index (χ0n) is 15.9. The largest absolute Gasteiger partial charge is 0.480 e. The van der Waals surface area contributed by atoms with Gasteiger partial charge in [0, 0.05) is 56.5 Å². The van der Waals surface area contributed by atoms with Gasteiger partial charge in [-0.25, -0.2) is 15.0 Å². The van der Waals surface area contributed by atoms with E-state index in [-0.39, 0.29) is 0 Å². The van der Waals surface area contributed by atoms with Gasteiger partial charge in [-0.15, -0.1) is 0 Å². The molecule has 1 saturated heterocycles. The number of aromatic nitrogens is 4. The molecule has 0 atom stereocenters. The number of ether oxygens (including phenoxy) is 1. The summed E-state index contributed by atoms with van der Waals surface area (Å²) in [6, 6.07) is 7.84. The highest BCUT2D eigenvalue weighted by atomic mass is 16.5. The molecule has 1 fully saturated rings. The summed E-state index contributed by atoms with van der Waals surface area (Å²) in [6.45, 7) is 10.2. The molecule has 0 amide bonds. The van der Waals surface area contributed by atoms with Crippen molar-refractivity contribution in [2.24, 2.45) is 0 Å². The Morgan fingerprint density at radius 2 is 1.86 bits per heavy atom. The number of anilines is 3. The molecule has 4 rings (SSSR count). The van der Waals surface area contributed by atoms with Crippen LogP contribution in [0.25, 0.3) is 11.2 Å². The molecule has 144 valence electrons. The molecule has 8 nitrogen and oxygen atoms in total. The molecule has 0 aromatic carbocycles. The molecular weight excluding hydrogens is 354 g/mol. The van der Waals surface area contributed by atoms with Gasteiger partial charge in [0.1, 0.15) is 17.2 Å². The van der Waals surface area contributed by atoms with E-state index in [2.05, 4.69) is 41.6 Å². The number of nitrogens with zero attached hydrogens (tertiary/aromatic N) is 6. The normalized spacial score (nSPS) is 14.2. The Morgan fingerprint density at radius 1 is 1.04 bits per heavy atom. The monoisotopic (exact) mass is 377 g/mol. The summed E-state index contributed by atoms with van der Waals surface area (Å²) in [5.41, 5.74) is 2.50. The molecule has 4 heterocycles. The van der Waals surface area contributed by atoms with Gasteiger partial charge < -0.3 is 19.9 Å². The summed E-state index contributed by atoms with van der Waals surface area (Å²) in [7, 11) is 0. The lowest BCUT2D eigenvalue weighted by atomic mass is 10.2. The van der Waals surface area contributed by atoms with Crippen molar-refractivity contribution in [2.75, 3.05) is 43.0 Å². The number of hydrogen-bond donors (Lipinski definition) is 1. The molecule has 0 radical (unpaired) electrons. The lowest BCUT2D eigenvalue weighted by Crippen LogP contribution is -2.46. The highest BCUT2D eigenvalue weighted by Gasteiger charge is 2.19. The molecule has 1 aliphatic heterocycles. The molecular formula is C20H23N7O. The average Bonchev–Trinajstić information content (AvgIpc) is 2.74. The second-order valence-corrected chi connectivity index (χ2v) is 6.42. The molecule has 8 heteroatoms. The van der Waals surface area contributed by atoms with Crippen LogP contribution in [-0.2, 0) is 4.74 Å². The van der Waals surface area contributed by atoms with Crippen LogP contribution in [0.5, 0.6) is 0 Å². The van der Waals surface area contributed by atoms with E-state index in [1.165, 1.54) is 0 Å². The highest BCUT2D eigenvalue weighted by molar-refractivity contribution is 5.72. The maximum absolute atomic E-state index is 5.51. The second-order valence-electron chi connectivity index (χ2n) is 6.42. The quantitative estimate of drug-likeness (QED) is 0.657. The molecule has 0 bridgehead atoms. The SMILES string of the molecule is C=C(OCC)N1CCN(c2ccnc(Nc3ccc4nccnc4n3)c2)CC1. The van der Waals surface area contributed by atoms with E-state index in [9.17, 15) is 0 Å². The summed E-state index contributed by atoms with van der Waals surface area (Å²) in [5.74, 6) is 2.19. The van der Waals surface area contributed by atoms with Crippen LogP contribution in [-0.4, -0.2) is 57.6 Å². The Labute approximate surface area is 163 Å². The molecule has 0 saturated carbocycles. The van der Waals surface area contributed by atoms with Crippen molar-refractivity contribution in [1.29, 1.82) is 0 Å². The van der Waals surface area contributed by atoms with Crippen molar-refractivity contribution >= 4 is 28.5 Å². The summed E-state index contributed by atoms with van der Waals surface area (Å²) >= 11 is 0. The molecule has 0 spiro atoms. The van der Waals surface area contributed by atoms with Crippen LogP contribution in [0.15, 0.2) is 55.3 Å². The van der Waals surface area contributed by atoms with Crippen molar-refractivity contribution < 1.29 is 4.74 Å². The van der Waals surface area contributed by atoms with Gasteiger partial charge >= 0.3 is 0 Å². The first-order valence-corrected chi connectivity index (χ1v) is 9.35. The molecule has 0 aliphatic carbocycles. The van der Waals surface area contributed by atoms with Gasteiger partial charge in [0.15, 0.2) is 11.5 Å². The lowest BCUT2D eigenvalue weighted by molar-refractivity contribution is 0.118. The Morgan fingerprint density at radius 3 is 2.68 bits per heavy atom. The minimum absolute atomic E-state index is 0.606. The molecule has 1 aliphatic rings. The predicted octanol–water partition coefficient (Wildman–Crippen LogP) is 2.79. The number of fused-ring (bicyclic) bond motifs is 1. The first-order chi connectivity index (χ1) is 13.7. The number of pyridine rings is 2. The smallest absolute Gasteiger partial charge is 0.181 e. The van der Waals surface area contributed by atoms with Gasteiger partial charge in [-0.1, -0.05) is 0 Å². The highest BCUT2D eigenvalue weighted by Crippen LogP contribution is 2.22. The maximum Gasteiger partial charge on any atom is 0.181 e. The van der Waals surface area contributed by atoms with Gasteiger partial charge in [-0.05, 0) is 31.7 Å². The first kappa shape index (κ1) is 18.0. The zero-order chi connectivity index (χ0) is 19.3. The maximum atomic E-state index is 5.51. The minimum atomic E-state index is 0.606. The Bertz CT molecular complexity index is 969. The van der Waals surface area contributed by atoms with Crippen molar-refractivity contribution in [1.82, 2.24) is 24.8 Å². The second kappa shape index (κ2) is 8.08. The van der Waals surface area contributed by atoms with Gasteiger partial charge in [-0.2, -0.15) is 0 Å². The predicted molar refractivity (Wildman–Crippen MR) is 109 cm³/mol. The lowest BCUT2D eigenvalue weighted by Gasteiger charge is -2.37. The van der Waals surface area contributed by atoms with E-state index in [1.807, 2.05) is 37.4 Å². The number of piperazine rings is 1. The van der Waals surface area contributed by atoms with Gasteiger partial charge in [0.2, 0.25) is 0 Å². The van der Waals surface area contributed by atoms with Crippen molar-refractivity contribution in [3.63, 3.8) is 0 Å². The number of rotatable bonds is 6. The van der Waals surface area contributed by atoms with E-state index in [0.29, 0.717) is 18.1 Å². The molecule has 1 N–H and O–H groups in total.